The lowest BCUT2D eigenvalue weighted by Gasteiger charge is -2.20. The Kier molecular flexibility index (Phi) is 5.76. The summed E-state index contributed by atoms with van der Waals surface area (Å²) >= 11 is 3.48. The van der Waals surface area contributed by atoms with Gasteiger partial charge in [0.05, 0.1) is 18.3 Å². The second-order valence-corrected chi connectivity index (χ2v) is 6.08. The number of hydrogen-bond acceptors (Lipinski definition) is 3. The van der Waals surface area contributed by atoms with Gasteiger partial charge in [-0.3, -0.25) is 4.98 Å². The largest absolute Gasteiger partial charge is 0.489 e. The van der Waals surface area contributed by atoms with Gasteiger partial charge in [0.1, 0.15) is 5.75 Å². The minimum absolute atomic E-state index is 0.117. The fourth-order valence-electron chi connectivity index (χ4n) is 2.22. The summed E-state index contributed by atoms with van der Waals surface area (Å²) in [5, 5.41) is 3.50. The molecule has 1 heterocycles. The average molecular weight is 349 g/mol. The molecule has 1 unspecified atom stereocenters. The maximum absolute atomic E-state index is 5.74. The Morgan fingerprint density at radius 1 is 1.14 bits per heavy atom. The fraction of sp³-hybridized carbons (Fsp3) is 0.353. The van der Waals surface area contributed by atoms with Crippen LogP contribution >= 0.6 is 15.9 Å². The molecule has 1 aromatic carbocycles. The van der Waals surface area contributed by atoms with Crippen LogP contribution in [0.15, 0.2) is 47.2 Å². The van der Waals surface area contributed by atoms with Gasteiger partial charge in [-0.25, -0.2) is 0 Å². The van der Waals surface area contributed by atoms with Gasteiger partial charge in [0, 0.05) is 10.7 Å². The van der Waals surface area contributed by atoms with Crippen LogP contribution in [-0.2, 0) is 0 Å². The van der Waals surface area contributed by atoms with E-state index in [0.717, 1.165) is 22.3 Å². The lowest BCUT2D eigenvalue weighted by Crippen LogP contribution is -2.22. The van der Waals surface area contributed by atoms with Crippen LogP contribution in [0.2, 0.25) is 0 Å². The molecule has 0 aliphatic rings. The van der Waals surface area contributed by atoms with Crippen molar-refractivity contribution in [2.75, 3.05) is 6.54 Å². The topological polar surface area (TPSA) is 34.2 Å². The molecule has 1 N–H and O–H groups in total. The first-order valence-corrected chi connectivity index (χ1v) is 8.00. The van der Waals surface area contributed by atoms with Crippen LogP contribution < -0.4 is 10.1 Å². The zero-order chi connectivity index (χ0) is 15.2. The predicted molar refractivity (Wildman–Crippen MR) is 89.7 cm³/mol. The third-order valence-electron chi connectivity index (χ3n) is 3.05. The Balaban J connectivity index is 2.31. The number of pyridine rings is 1. The second-order valence-electron chi connectivity index (χ2n) is 5.16. The first-order chi connectivity index (χ1) is 10.1. The van der Waals surface area contributed by atoms with Crippen molar-refractivity contribution >= 4 is 15.9 Å². The molecule has 2 aromatic rings. The van der Waals surface area contributed by atoms with E-state index in [0.29, 0.717) is 0 Å². The fourth-order valence-corrected chi connectivity index (χ4v) is 2.48. The third kappa shape index (κ3) is 4.55. The molecule has 1 aromatic heterocycles. The zero-order valence-electron chi connectivity index (χ0n) is 12.6. The average Bonchev–Trinajstić information content (AvgIpc) is 2.45. The van der Waals surface area contributed by atoms with Crippen LogP contribution in [0.1, 0.15) is 37.9 Å². The standard InChI is InChI=1S/C17H21BrN2O/c1-4-20-17(13-5-7-15(18)8-6-13)14-9-16(11-19-10-14)21-12(2)3/h5-12,17,20H,4H2,1-3H3. The van der Waals surface area contributed by atoms with Crippen molar-refractivity contribution < 1.29 is 4.74 Å². The number of halogens is 1. The minimum Gasteiger partial charge on any atom is -0.489 e. The van der Waals surface area contributed by atoms with Gasteiger partial charge in [-0.2, -0.15) is 0 Å². The van der Waals surface area contributed by atoms with E-state index in [-0.39, 0.29) is 12.1 Å². The lowest BCUT2D eigenvalue weighted by atomic mass is 10.00. The van der Waals surface area contributed by atoms with E-state index in [9.17, 15) is 0 Å². The minimum atomic E-state index is 0.117. The van der Waals surface area contributed by atoms with Crippen LogP contribution in [0, 0.1) is 0 Å². The highest BCUT2D eigenvalue weighted by Crippen LogP contribution is 2.25. The van der Waals surface area contributed by atoms with Gasteiger partial charge in [-0.15, -0.1) is 0 Å². The molecule has 0 aliphatic heterocycles. The van der Waals surface area contributed by atoms with Gasteiger partial charge in [-0.1, -0.05) is 35.0 Å². The summed E-state index contributed by atoms with van der Waals surface area (Å²) in [7, 11) is 0. The molecular weight excluding hydrogens is 328 g/mol. The Labute approximate surface area is 134 Å². The molecule has 112 valence electrons. The van der Waals surface area contributed by atoms with E-state index < -0.39 is 0 Å². The monoisotopic (exact) mass is 348 g/mol. The van der Waals surface area contributed by atoms with Crippen molar-refractivity contribution in [3.8, 4) is 5.75 Å². The number of nitrogens with one attached hydrogen (secondary N) is 1. The van der Waals surface area contributed by atoms with Gasteiger partial charge < -0.3 is 10.1 Å². The van der Waals surface area contributed by atoms with Crippen molar-refractivity contribution in [3.63, 3.8) is 0 Å². The van der Waals surface area contributed by atoms with E-state index in [4.69, 9.17) is 4.74 Å². The Hall–Kier alpha value is -1.39. The van der Waals surface area contributed by atoms with E-state index in [1.807, 2.05) is 20.0 Å². The Bertz CT molecular complexity index is 569. The number of rotatable bonds is 6. The van der Waals surface area contributed by atoms with Crippen molar-refractivity contribution in [1.82, 2.24) is 10.3 Å². The Morgan fingerprint density at radius 3 is 2.48 bits per heavy atom. The summed E-state index contributed by atoms with van der Waals surface area (Å²) in [5.74, 6) is 0.808. The van der Waals surface area contributed by atoms with E-state index in [1.54, 1.807) is 6.20 Å². The predicted octanol–water partition coefficient (Wildman–Crippen LogP) is 4.33. The van der Waals surface area contributed by atoms with Crippen LogP contribution in [0.3, 0.4) is 0 Å². The summed E-state index contributed by atoms with van der Waals surface area (Å²) in [5.41, 5.74) is 2.32. The van der Waals surface area contributed by atoms with E-state index in [2.05, 4.69) is 63.5 Å². The molecule has 1 atom stereocenters. The number of ether oxygens (including phenoxy) is 1. The van der Waals surface area contributed by atoms with Crippen molar-refractivity contribution in [2.45, 2.75) is 32.9 Å². The summed E-state index contributed by atoms with van der Waals surface area (Å²) < 4.78 is 6.82. The van der Waals surface area contributed by atoms with Crippen LogP contribution in [0.25, 0.3) is 0 Å². The molecule has 21 heavy (non-hydrogen) atoms. The molecule has 0 spiro atoms. The van der Waals surface area contributed by atoms with Gasteiger partial charge in [0.25, 0.3) is 0 Å². The molecule has 0 saturated heterocycles. The number of nitrogens with zero attached hydrogens (tertiary/aromatic N) is 1. The summed E-state index contributed by atoms with van der Waals surface area (Å²) in [4.78, 5) is 4.31. The Morgan fingerprint density at radius 2 is 1.86 bits per heavy atom. The first kappa shape index (κ1) is 16.0. The van der Waals surface area contributed by atoms with E-state index >= 15 is 0 Å². The maximum Gasteiger partial charge on any atom is 0.138 e. The molecule has 0 fully saturated rings. The van der Waals surface area contributed by atoms with Crippen LogP contribution in [0.4, 0.5) is 0 Å². The lowest BCUT2D eigenvalue weighted by molar-refractivity contribution is 0.241. The number of benzene rings is 1. The molecule has 0 saturated carbocycles. The maximum atomic E-state index is 5.74. The van der Waals surface area contributed by atoms with Crippen LogP contribution in [-0.4, -0.2) is 17.6 Å². The van der Waals surface area contributed by atoms with Gasteiger partial charge >= 0.3 is 0 Å². The third-order valence-corrected chi connectivity index (χ3v) is 3.58. The summed E-state index contributed by atoms with van der Waals surface area (Å²) in [6, 6.07) is 10.5. The summed E-state index contributed by atoms with van der Waals surface area (Å²) in [6.07, 6.45) is 3.80. The number of aromatic nitrogens is 1. The molecule has 0 aliphatic carbocycles. The summed E-state index contributed by atoms with van der Waals surface area (Å²) in [6.45, 7) is 7.02. The van der Waals surface area contributed by atoms with Gasteiger partial charge in [0.15, 0.2) is 0 Å². The van der Waals surface area contributed by atoms with Crippen molar-refractivity contribution in [1.29, 1.82) is 0 Å². The molecular formula is C17H21BrN2O. The van der Waals surface area contributed by atoms with Crippen LogP contribution in [0.5, 0.6) is 5.75 Å². The van der Waals surface area contributed by atoms with Gasteiger partial charge in [-0.05, 0) is 49.7 Å². The van der Waals surface area contributed by atoms with Gasteiger partial charge in [0.2, 0.25) is 0 Å². The smallest absolute Gasteiger partial charge is 0.138 e. The molecule has 2 rings (SSSR count). The van der Waals surface area contributed by atoms with Crippen molar-refractivity contribution in [2.24, 2.45) is 0 Å². The molecule has 0 bridgehead atoms. The highest BCUT2D eigenvalue weighted by molar-refractivity contribution is 9.10. The highest BCUT2D eigenvalue weighted by Gasteiger charge is 2.14. The molecule has 0 amide bonds. The normalized spacial score (nSPS) is 12.4. The molecule has 4 heteroatoms. The van der Waals surface area contributed by atoms with Crippen molar-refractivity contribution in [3.05, 3.63) is 58.3 Å². The second kappa shape index (κ2) is 7.57. The first-order valence-electron chi connectivity index (χ1n) is 7.20. The highest BCUT2D eigenvalue weighted by atomic mass is 79.9. The molecule has 3 nitrogen and oxygen atoms in total. The van der Waals surface area contributed by atoms with E-state index in [1.165, 1.54) is 5.56 Å². The quantitative estimate of drug-likeness (QED) is 0.843. The SMILES string of the molecule is CCNC(c1ccc(Br)cc1)c1cncc(OC(C)C)c1. The zero-order valence-corrected chi connectivity index (χ0v) is 14.2. The molecule has 0 radical (unpaired) electrons. The number of hydrogen-bond donors (Lipinski definition) is 1.